The third-order valence-electron chi connectivity index (χ3n) is 11.4. The minimum Gasteiger partial charge on any atom is -0.308 e. The lowest BCUT2D eigenvalue weighted by Gasteiger charge is -2.29. The summed E-state index contributed by atoms with van der Waals surface area (Å²) in [6, 6.07) is 79.5. The summed E-state index contributed by atoms with van der Waals surface area (Å²) >= 11 is 0. The summed E-state index contributed by atoms with van der Waals surface area (Å²) in [5, 5.41) is 10.1. The van der Waals surface area contributed by atoms with Crippen LogP contribution in [0.4, 0.5) is 17.1 Å². The zero-order valence-electron chi connectivity index (χ0n) is 30.7. The van der Waals surface area contributed by atoms with Crippen molar-refractivity contribution in [3.05, 3.63) is 218 Å². The monoisotopic (exact) mass is 712 g/mol. The molecule has 0 N–H and O–H groups in total. The smallest absolute Gasteiger partial charge is 0.0782 e. The van der Waals surface area contributed by atoms with Crippen molar-refractivity contribution in [1.82, 2.24) is 4.57 Å². The summed E-state index contributed by atoms with van der Waals surface area (Å²) in [6.07, 6.45) is 0. The Morgan fingerprint density at radius 2 is 0.911 bits per heavy atom. The molecule has 0 fully saturated rings. The molecule has 2 nitrogen and oxygen atoms in total. The first kappa shape index (κ1) is 32.0. The van der Waals surface area contributed by atoms with E-state index in [0.29, 0.717) is 0 Å². The second kappa shape index (κ2) is 13.2. The first-order valence-electron chi connectivity index (χ1n) is 19.3. The van der Waals surface area contributed by atoms with Crippen LogP contribution in [0.25, 0.3) is 82.1 Å². The molecule has 0 amide bonds. The van der Waals surface area contributed by atoms with Crippen molar-refractivity contribution in [2.75, 3.05) is 4.90 Å². The van der Waals surface area contributed by atoms with Gasteiger partial charge in [0.25, 0.3) is 0 Å². The highest BCUT2D eigenvalue weighted by molar-refractivity contribution is 6.18. The van der Waals surface area contributed by atoms with Crippen molar-refractivity contribution < 1.29 is 0 Å². The van der Waals surface area contributed by atoms with Gasteiger partial charge in [0, 0.05) is 27.7 Å². The van der Waals surface area contributed by atoms with Gasteiger partial charge in [-0.15, -0.1) is 0 Å². The predicted octanol–water partition coefficient (Wildman–Crippen LogP) is 15.0. The lowest BCUT2D eigenvalue weighted by Crippen LogP contribution is -2.12. The van der Waals surface area contributed by atoms with Crippen LogP contribution in [0, 0.1) is 0 Å². The van der Waals surface area contributed by atoms with Crippen molar-refractivity contribution in [3.8, 4) is 27.9 Å². The van der Waals surface area contributed by atoms with Crippen LogP contribution in [-0.2, 0) is 0 Å². The quantitative estimate of drug-likeness (QED) is 0.156. The summed E-state index contributed by atoms with van der Waals surface area (Å²) < 4.78 is 2.42. The highest BCUT2D eigenvalue weighted by atomic mass is 15.2. The summed E-state index contributed by atoms with van der Waals surface area (Å²) in [6.45, 7) is 0. The Kier molecular flexibility index (Phi) is 7.53. The Hall–Kier alpha value is -7.42. The maximum atomic E-state index is 2.45. The summed E-state index contributed by atoms with van der Waals surface area (Å²) in [5.74, 6) is 0. The molecule has 11 rings (SSSR count). The molecule has 1 heterocycles. The molecule has 11 aromatic rings. The third kappa shape index (κ3) is 5.19. The Morgan fingerprint density at radius 1 is 0.321 bits per heavy atom. The zero-order chi connectivity index (χ0) is 37.0. The molecular weight excluding hydrogens is 677 g/mol. The largest absolute Gasteiger partial charge is 0.308 e. The fourth-order valence-electron chi connectivity index (χ4n) is 8.78. The number of rotatable bonds is 6. The van der Waals surface area contributed by atoms with Crippen LogP contribution in [0.1, 0.15) is 0 Å². The molecule has 0 aliphatic rings. The fourth-order valence-corrected chi connectivity index (χ4v) is 8.78. The van der Waals surface area contributed by atoms with Crippen LogP contribution < -0.4 is 4.90 Å². The van der Waals surface area contributed by atoms with Crippen molar-refractivity contribution >= 4 is 71.2 Å². The molecule has 56 heavy (non-hydrogen) atoms. The maximum Gasteiger partial charge on any atom is 0.0782 e. The standard InChI is InChI=1S/C54H36N2/c1-3-14-38(15-4-1)46-20-9-11-23-51(46)55(53-25-13-22-50-49-21-10-12-24-52(49)56(54(50)53)42-17-5-2-6-18-42)43-31-26-37(27-32-43)40-29-33-45-41(36-40)30-35-47-44-19-8-7-16-39(44)28-34-48(45)47/h1-36H. The summed E-state index contributed by atoms with van der Waals surface area (Å²) in [5.41, 5.74) is 11.5. The van der Waals surface area contributed by atoms with Crippen LogP contribution in [0.3, 0.4) is 0 Å². The van der Waals surface area contributed by atoms with E-state index in [1.165, 1.54) is 76.4 Å². The average molecular weight is 713 g/mol. The molecule has 0 aliphatic carbocycles. The van der Waals surface area contributed by atoms with E-state index in [9.17, 15) is 0 Å². The number of aromatic nitrogens is 1. The number of nitrogens with zero attached hydrogens (tertiary/aromatic N) is 2. The van der Waals surface area contributed by atoms with Crippen molar-refractivity contribution in [3.63, 3.8) is 0 Å². The second-order valence-electron chi connectivity index (χ2n) is 14.5. The molecule has 0 radical (unpaired) electrons. The first-order chi connectivity index (χ1) is 27.8. The average Bonchev–Trinajstić information content (AvgIpc) is 3.62. The Bertz CT molecular complexity index is 3230. The van der Waals surface area contributed by atoms with Gasteiger partial charge in [0.1, 0.15) is 0 Å². The lowest BCUT2D eigenvalue weighted by molar-refractivity contribution is 1.17. The molecule has 0 spiro atoms. The van der Waals surface area contributed by atoms with Gasteiger partial charge in [-0.05, 0) is 97.5 Å². The molecule has 0 saturated carbocycles. The minimum absolute atomic E-state index is 1.09. The van der Waals surface area contributed by atoms with Gasteiger partial charge in [-0.1, -0.05) is 170 Å². The van der Waals surface area contributed by atoms with E-state index in [1.54, 1.807) is 0 Å². The second-order valence-corrected chi connectivity index (χ2v) is 14.5. The van der Waals surface area contributed by atoms with Crippen molar-refractivity contribution in [1.29, 1.82) is 0 Å². The zero-order valence-corrected chi connectivity index (χ0v) is 30.7. The van der Waals surface area contributed by atoms with Gasteiger partial charge >= 0.3 is 0 Å². The molecule has 0 aliphatic heterocycles. The van der Waals surface area contributed by atoms with Gasteiger partial charge in [0.05, 0.1) is 22.4 Å². The Labute approximate surface area is 325 Å². The highest BCUT2D eigenvalue weighted by Crippen LogP contribution is 2.46. The van der Waals surface area contributed by atoms with Gasteiger partial charge < -0.3 is 9.47 Å². The molecule has 0 unspecified atom stereocenters. The molecule has 0 atom stereocenters. The van der Waals surface area contributed by atoms with E-state index in [1.807, 2.05) is 0 Å². The predicted molar refractivity (Wildman–Crippen MR) is 239 cm³/mol. The molecular formula is C54H36N2. The number of para-hydroxylation sites is 4. The SMILES string of the molecule is c1ccc(-c2ccccc2N(c2ccc(-c3ccc4c(ccc5c6ccccc6ccc45)c3)cc2)c2cccc3c4ccccc4n(-c4ccccc4)c23)cc1. The third-order valence-corrected chi connectivity index (χ3v) is 11.4. The molecule has 0 bridgehead atoms. The number of hydrogen-bond donors (Lipinski definition) is 0. The van der Waals surface area contributed by atoms with Crippen LogP contribution in [0.5, 0.6) is 0 Å². The molecule has 2 heteroatoms. The number of hydrogen-bond acceptors (Lipinski definition) is 1. The lowest BCUT2D eigenvalue weighted by atomic mass is 9.94. The normalized spacial score (nSPS) is 11.6. The van der Waals surface area contributed by atoms with Crippen LogP contribution in [-0.4, -0.2) is 4.57 Å². The van der Waals surface area contributed by atoms with Gasteiger partial charge in [0.2, 0.25) is 0 Å². The van der Waals surface area contributed by atoms with E-state index >= 15 is 0 Å². The summed E-state index contributed by atoms with van der Waals surface area (Å²) in [7, 11) is 0. The first-order valence-corrected chi connectivity index (χ1v) is 19.3. The van der Waals surface area contributed by atoms with E-state index in [0.717, 1.165) is 22.7 Å². The van der Waals surface area contributed by atoms with E-state index in [2.05, 4.69) is 228 Å². The Morgan fingerprint density at radius 3 is 1.73 bits per heavy atom. The number of fused-ring (bicyclic) bond motifs is 8. The molecule has 262 valence electrons. The van der Waals surface area contributed by atoms with Gasteiger partial charge in [-0.25, -0.2) is 0 Å². The fraction of sp³-hybridized carbons (Fsp3) is 0. The van der Waals surface area contributed by atoms with E-state index in [-0.39, 0.29) is 0 Å². The molecule has 0 saturated heterocycles. The number of benzene rings is 10. The van der Waals surface area contributed by atoms with Gasteiger partial charge in [0.15, 0.2) is 0 Å². The minimum atomic E-state index is 1.09. The van der Waals surface area contributed by atoms with Crippen LogP contribution in [0.2, 0.25) is 0 Å². The Balaban J connectivity index is 1.10. The van der Waals surface area contributed by atoms with E-state index < -0.39 is 0 Å². The van der Waals surface area contributed by atoms with Crippen molar-refractivity contribution in [2.45, 2.75) is 0 Å². The highest BCUT2D eigenvalue weighted by Gasteiger charge is 2.23. The molecule has 10 aromatic carbocycles. The van der Waals surface area contributed by atoms with Crippen molar-refractivity contribution in [2.24, 2.45) is 0 Å². The van der Waals surface area contributed by atoms with Crippen LogP contribution in [0.15, 0.2) is 218 Å². The number of anilines is 3. The molecule has 1 aromatic heterocycles. The summed E-state index contributed by atoms with van der Waals surface area (Å²) in [4.78, 5) is 2.45. The van der Waals surface area contributed by atoms with Crippen LogP contribution >= 0.6 is 0 Å². The van der Waals surface area contributed by atoms with E-state index in [4.69, 9.17) is 0 Å². The maximum absolute atomic E-state index is 2.45. The topological polar surface area (TPSA) is 8.17 Å². The van der Waals surface area contributed by atoms with Gasteiger partial charge in [-0.2, -0.15) is 0 Å². The van der Waals surface area contributed by atoms with Gasteiger partial charge in [-0.3, -0.25) is 0 Å².